The molecule has 1 N–H and O–H groups in total. The summed E-state index contributed by atoms with van der Waals surface area (Å²) in [5.74, 6) is -0.718. The van der Waals surface area contributed by atoms with Gasteiger partial charge in [0.25, 0.3) is 5.91 Å². The molecule has 1 aromatic carbocycles. The molecule has 3 unspecified atom stereocenters. The van der Waals surface area contributed by atoms with Crippen LogP contribution in [0.3, 0.4) is 0 Å². The maximum atomic E-state index is 12.6. The predicted molar refractivity (Wildman–Crippen MR) is 85.1 cm³/mol. The normalized spacial score (nSPS) is 27.7. The molecule has 7 nitrogen and oxygen atoms in total. The van der Waals surface area contributed by atoms with E-state index in [2.05, 4.69) is 0 Å². The summed E-state index contributed by atoms with van der Waals surface area (Å²) in [6.45, 7) is 5.85. The number of methoxy groups -OCH3 is 1. The quantitative estimate of drug-likeness (QED) is 0.825. The number of hydrogen-bond acceptors (Lipinski definition) is 6. The molecule has 3 rings (SSSR count). The summed E-state index contributed by atoms with van der Waals surface area (Å²) in [4.78, 5) is 32.0. The number of carbonyl (C=O) groups excluding carboxylic acids is 2. The summed E-state index contributed by atoms with van der Waals surface area (Å²) in [6.07, 6.45) is -0.828. The SMILES string of the molecule is COc1cc(O)ccc1C1C2C(=O)N(C)C(=O)C2ON1C(C)(C)C. The summed E-state index contributed by atoms with van der Waals surface area (Å²) in [5, 5.41) is 11.4. The van der Waals surface area contributed by atoms with Crippen molar-refractivity contribution >= 4 is 11.8 Å². The molecule has 2 aliphatic heterocycles. The number of phenols is 1. The molecule has 130 valence electrons. The Hall–Kier alpha value is -2.12. The summed E-state index contributed by atoms with van der Waals surface area (Å²) in [6, 6.07) is 4.26. The van der Waals surface area contributed by atoms with Crippen molar-refractivity contribution in [1.82, 2.24) is 9.96 Å². The van der Waals surface area contributed by atoms with Gasteiger partial charge >= 0.3 is 0 Å². The Kier molecular flexibility index (Phi) is 3.80. The van der Waals surface area contributed by atoms with Crippen LogP contribution in [-0.2, 0) is 14.4 Å². The molecule has 0 aromatic heterocycles. The Morgan fingerprint density at radius 3 is 2.46 bits per heavy atom. The molecule has 2 heterocycles. The number of likely N-dealkylation sites (tertiary alicyclic amines) is 1. The number of phenolic OH excluding ortho intramolecular Hbond substituents is 1. The van der Waals surface area contributed by atoms with Crippen LogP contribution in [-0.4, -0.2) is 52.7 Å². The molecular formula is C17H22N2O5. The fraction of sp³-hybridized carbons (Fsp3) is 0.529. The maximum Gasteiger partial charge on any atom is 0.261 e. The van der Waals surface area contributed by atoms with Gasteiger partial charge in [-0.05, 0) is 32.9 Å². The van der Waals surface area contributed by atoms with E-state index in [-0.39, 0.29) is 17.6 Å². The van der Waals surface area contributed by atoms with E-state index >= 15 is 0 Å². The first-order valence-electron chi connectivity index (χ1n) is 7.81. The summed E-state index contributed by atoms with van der Waals surface area (Å²) in [5.41, 5.74) is 0.269. The average molecular weight is 334 g/mol. The number of carbonyl (C=O) groups is 2. The van der Waals surface area contributed by atoms with Crippen molar-refractivity contribution in [2.24, 2.45) is 5.92 Å². The second kappa shape index (κ2) is 5.46. The molecule has 2 saturated heterocycles. The van der Waals surface area contributed by atoms with Gasteiger partial charge in [-0.2, -0.15) is 5.06 Å². The molecule has 2 amide bonds. The third-order valence-corrected chi connectivity index (χ3v) is 4.53. The van der Waals surface area contributed by atoms with E-state index in [4.69, 9.17) is 9.57 Å². The van der Waals surface area contributed by atoms with Gasteiger partial charge in [0.2, 0.25) is 5.91 Å². The molecule has 2 fully saturated rings. The van der Waals surface area contributed by atoms with Gasteiger partial charge in [0.15, 0.2) is 6.10 Å². The Morgan fingerprint density at radius 1 is 1.21 bits per heavy atom. The monoisotopic (exact) mass is 334 g/mol. The summed E-state index contributed by atoms with van der Waals surface area (Å²) >= 11 is 0. The molecule has 0 radical (unpaired) electrons. The van der Waals surface area contributed by atoms with Crippen LogP contribution in [0.1, 0.15) is 32.4 Å². The Labute approximate surface area is 140 Å². The standard InChI is InChI=1S/C17H22N2O5/c1-17(2,3)19-13(10-7-6-9(20)8-11(10)23-5)12-14(24-19)16(22)18(4)15(12)21/h6-8,12-14,20H,1-5H3. The number of likely N-dealkylation sites (N-methyl/N-ethyl adjacent to an activating group) is 1. The van der Waals surface area contributed by atoms with E-state index in [1.807, 2.05) is 20.8 Å². The largest absolute Gasteiger partial charge is 0.508 e. The van der Waals surface area contributed by atoms with Gasteiger partial charge in [0.05, 0.1) is 19.1 Å². The first-order valence-corrected chi connectivity index (χ1v) is 7.81. The van der Waals surface area contributed by atoms with Gasteiger partial charge < -0.3 is 9.84 Å². The molecule has 24 heavy (non-hydrogen) atoms. The van der Waals surface area contributed by atoms with Gasteiger partial charge in [-0.25, -0.2) is 0 Å². The van der Waals surface area contributed by atoms with Crippen LogP contribution in [0.2, 0.25) is 0 Å². The van der Waals surface area contributed by atoms with Gasteiger partial charge in [0, 0.05) is 24.2 Å². The molecule has 0 spiro atoms. The molecule has 0 saturated carbocycles. The third kappa shape index (κ3) is 2.35. The highest BCUT2D eigenvalue weighted by molar-refractivity contribution is 6.07. The number of rotatable bonds is 2. The minimum Gasteiger partial charge on any atom is -0.508 e. The first-order chi connectivity index (χ1) is 11.2. The van der Waals surface area contributed by atoms with E-state index in [1.54, 1.807) is 11.1 Å². The minimum absolute atomic E-state index is 0.0688. The van der Waals surface area contributed by atoms with Gasteiger partial charge in [-0.15, -0.1) is 0 Å². The average Bonchev–Trinajstić information content (AvgIpc) is 3.00. The van der Waals surface area contributed by atoms with Gasteiger partial charge in [-0.3, -0.25) is 19.3 Å². The number of nitrogens with zero attached hydrogens (tertiary/aromatic N) is 2. The van der Waals surface area contributed by atoms with Crippen molar-refractivity contribution < 1.29 is 24.3 Å². The number of fused-ring (bicyclic) bond motifs is 1. The number of imide groups is 1. The smallest absolute Gasteiger partial charge is 0.261 e. The van der Waals surface area contributed by atoms with E-state index in [0.29, 0.717) is 11.3 Å². The van der Waals surface area contributed by atoms with Crippen molar-refractivity contribution in [2.75, 3.05) is 14.2 Å². The molecule has 2 aliphatic rings. The molecular weight excluding hydrogens is 312 g/mol. The topological polar surface area (TPSA) is 79.3 Å². The fourth-order valence-corrected chi connectivity index (χ4v) is 3.39. The number of hydroxylamine groups is 2. The minimum atomic E-state index is -0.828. The zero-order valence-corrected chi connectivity index (χ0v) is 14.4. The Balaban J connectivity index is 2.14. The third-order valence-electron chi connectivity index (χ3n) is 4.53. The predicted octanol–water partition coefficient (Wildman–Crippen LogP) is 1.47. The molecule has 3 atom stereocenters. The van der Waals surface area contributed by atoms with Crippen molar-refractivity contribution in [1.29, 1.82) is 0 Å². The summed E-state index contributed by atoms with van der Waals surface area (Å²) < 4.78 is 5.38. The van der Waals surface area contributed by atoms with Crippen molar-refractivity contribution in [3.05, 3.63) is 23.8 Å². The Morgan fingerprint density at radius 2 is 1.88 bits per heavy atom. The lowest BCUT2D eigenvalue weighted by atomic mass is 9.88. The maximum absolute atomic E-state index is 12.6. The van der Waals surface area contributed by atoms with Gasteiger partial charge in [0.1, 0.15) is 11.5 Å². The van der Waals surface area contributed by atoms with Crippen LogP contribution in [0.4, 0.5) is 0 Å². The van der Waals surface area contributed by atoms with E-state index < -0.39 is 23.6 Å². The molecule has 7 heteroatoms. The number of ether oxygens (including phenoxy) is 1. The number of benzene rings is 1. The highest BCUT2D eigenvalue weighted by atomic mass is 16.7. The molecule has 0 aliphatic carbocycles. The highest BCUT2D eigenvalue weighted by Crippen LogP contribution is 2.49. The fourth-order valence-electron chi connectivity index (χ4n) is 3.39. The van der Waals surface area contributed by atoms with E-state index in [0.717, 1.165) is 4.90 Å². The zero-order valence-electron chi connectivity index (χ0n) is 14.4. The van der Waals surface area contributed by atoms with Crippen LogP contribution < -0.4 is 4.74 Å². The summed E-state index contributed by atoms with van der Waals surface area (Å²) in [7, 11) is 2.97. The number of amides is 2. The van der Waals surface area contributed by atoms with Crippen molar-refractivity contribution in [3.63, 3.8) is 0 Å². The van der Waals surface area contributed by atoms with Crippen LogP contribution >= 0.6 is 0 Å². The lowest BCUT2D eigenvalue weighted by Crippen LogP contribution is -2.44. The second-order valence-electron chi connectivity index (χ2n) is 7.15. The van der Waals surface area contributed by atoms with Gasteiger partial charge in [-0.1, -0.05) is 0 Å². The van der Waals surface area contributed by atoms with Crippen LogP contribution in [0, 0.1) is 5.92 Å². The second-order valence-corrected chi connectivity index (χ2v) is 7.15. The number of hydrogen-bond donors (Lipinski definition) is 1. The molecule has 1 aromatic rings. The lowest BCUT2D eigenvalue weighted by molar-refractivity contribution is -0.215. The highest BCUT2D eigenvalue weighted by Gasteiger charge is 2.60. The molecule has 0 bridgehead atoms. The van der Waals surface area contributed by atoms with E-state index in [1.165, 1.54) is 26.3 Å². The van der Waals surface area contributed by atoms with Crippen molar-refractivity contribution in [3.8, 4) is 11.5 Å². The zero-order chi connectivity index (χ0) is 17.8. The van der Waals surface area contributed by atoms with Crippen LogP contribution in [0.5, 0.6) is 11.5 Å². The van der Waals surface area contributed by atoms with Crippen LogP contribution in [0.25, 0.3) is 0 Å². The lowest BCUT2D eigenvalue weighted by Gasteiger charge is -2.37. The first kappa shape index (κ1) is 16.7. The van der Waals surface area contributed by atoms with E-state index in [9.17, 15) is 14.7 Å². The van der Waals surface area contributed by atoms with Crippen LogP contribution in [0.15, 0.2) is 18.2 Å². The Bertz CT molecular complexity index is 697. The van der Waals surface area contributed by atoms with Crippen molar-refractivity contribution in [2.45, 2.75) is 38.5 Å². The number of aromatic hydroxyl groups is 1.